The highest BCUT2D eigenvalue weighted by Crippen LogP contribution is 2.11. The Morgan fingerprint density at radius 2 is 2.12 bits per heavy atom. The smallest absolute Gasteiger partial charge is 0.337 e. The third-order valence-corrected chi connectivity index (χ3v) is 3.46. The average molecular weight is 258 g/mol. The maximum absolute atomic E-state index is 11.6. The van der Waals surface area contributed by atoms with E-state index in [1.165, 1.54) is 12.3 Å². The van der Waals surface area contributed by atoms with Gasteiger partial charge in [-0.05, 0) is 12.0 Å². The molecule has 0 fully saturated rings. The number of pyridine rings is 1. The summed E-state index contributed by atoms with van der Waals surface area (Å²) in [5.41, 5.74) is 0.0975. The predicted octanol–water partition coefficient (Wildman–Crippen LogP) is 1.18. The molecule has 0 aliphatic rings. The van der Waals surface area contributed by atoms with Crippen LogP contribution in [0.15, 0.2) is 18.5 Å². The van der Waals surface area contributed by atoms with Crippen LogP contribution in [0.4, 0.5) is 5.69 Å². The minimum Gasteiger partial charge on any atom is -0.478 e. The standard InChI is InChI=1S/C10H14N2O4S/c1-7(2)6-17(15,16)12-9-3-8(10(13)14)4-11-5-9/h3-5,7,12H,6H2,1-2H3,(H,13,14). The SMILES string of the molecule is CC(C)CS(=O)(=O)Nc1cncc(C(=O)O)c1. The third-order valence-electron chi connectivity index (χ3n) is 1.81. The van der Waals surface area contributed by atoms with Gasteiger partial charge in [0.15, 0.2) is 0 Å². The fourth-order valence-electron chi connectivity index (χ4n) is 1.27. The van der Waals surface area contributed by atoms with Gasteiger partial charge in [-0.15, -0.1) is 0 Å². The van der Waals surface area contributed by atoms with Crippen LogP contribution >= 0.6 is 0 Å². The number of aromatic carboxylic acids is 1. The van der Waals surface area contributed by atoms with Crippen molar-refractivity contribution >= 4 is 21.7 Å². The number of carboxylic acid groups (broad SMARTS) is 1. The van der Waals surface area contributed by atoms with Crippen molar-refractivity contribution in [1.82, 2.24) is 4.98 Å². The number of hydrogen-bond donors (Lipinski definition) is 2. The van der Waals surface area contributed by atoms with Crippen molar-refractivity contribution in [2.45, 2.75) is 13.8 Å². The van der Waals surface area contributed by atoms with Gasteiger partial charge in [-0.3, -0.25) is 9.71 Å². The van der Waals surface area contributed by atoms with Gasteiger partial charge in [0, 0.05) is 6.20 Å². The molecule has 1 heterocycles. The number of anilines is 1. The number of carbonyl (C=O) groups is 1. The van der Waals surface area contributed by atoms with E-state index in [-0.39, 0.29) is 22.9 Å². The Hall–Kier alpha value is -1.63. The summed E-state index contributed by atoms with van der Waals surface area (Å²) >= 11 is 0. The molecule has 0 bridgehead atoms. The van der Waals surface area contributed by atoms with Crippen LogP contribution in [0.3, 0.4) is 0 Å². The largest absolute Gasteiger partial charge is 0.478 e. The zero-order chi connectivity index (χ0) is 13.1. The summed E-state index contributed by atoms with van der Waals surface area (Å²) in [5.74, 6) is -1.19. The molecule has 94 valence electrons. The Balaban J connectivity index is 2.89. The van der Waals surface area contributed by atoms with Gasteiger partial charge in [0.05, 0.1) is 23.2 Å². The molecule has 0 atom stereocenters. The lowest BCUT2D eigenvalue weighted by atomic mass is 10.3. The van der Waals surface area contributed by atoms with Gasteiger partial charge in [-0.2, -0.15) is 0 Å². The van der Waals surface area contributed by atoms with Crippen LogP contribution in [0.25, 0.3) is 0 Å². The fourth-order valence-corrected chi connectivity index (χ4v) is 2.70. The Morgan fingerprint density at radius 3 is 2.65 bits per heavy atom. The van der Waals surface area contributed by atoms with Crippen molar-refractivity contribution in [3.05, 3.63) is 24.0 Å². The van der Waals surface area contributed by atoms with Gasteiger partial charge in [-0.25, -0.2) is 13.2 Å². The molecule has 0 unspecified atom stereocenters. The van der Waals surface area contributed by atoms with E-state index in [0.29, 0.717) is 0 Å². The Labute approximate surface area is 99.7 Å². The second-order valence-corrected chi connectivity index (χ2v) is 5.81. The first-order chi connectivity index (χ1) is 7.80. The highest BCUT2D eigenvalue weighted by molar-refractivity contribution is 7.92. The highest BCUT2D eigenvalue weighted by Gasteiger charge is 2.14. The summed E-state index contributed by atoms with van der Waals surface area (Å²) < 4.78 is 25.5. The van der Waals surface area contributed by atoms with Crippen LogP contribution in [-0.2, 0) is 10.0 Å². The summed E-state index contributed by atoms with van der Waals surface area (Å²) in [7, 11) is -3.46. The molecule has 0 aromatic carbocycles. The van der Waals surface area contributed by atoms with Gasteiger partial charge < -0.3 is 5.11 Å². The van der Waals surface area contributed by atoms with E-state index >= 15 is 0 Å². The minimum absolute atomic E-state index is 0.0110. The first-order valence-corrected chi connectivity index (χ1v) is 6.64. The molecule has 1 rings (SSSR count). The number of rotatable bonds is 5. The zero-order valence-corrected chi connectivity index (χ0v) is 10.4. The zero-order valence-electron chi connectivity index (χ0n) is 9.54. The van der Waals surface area contributed by atoms with E-state index in [0.717, 1.165) is 6.20 Å². The molecule has 0 aliphatic heterocycles. The molecule has 7 heteroatoms. The molecular formula is C10H14N2O4S. The van der Waals surface area contributed by atoms with Crippen molar-refractivity contribution in [2.75, 3.05) is 10.5 Å². The minimum atomic E-state index is -3.46. The predicted molar refractivity (Wildman–Crippen MR) is 63.4 cm³/mol. The molecule has 0 amide bonds. The van der Waals surface area contributed by atoms with Crippen LogP contribution in [0.2, 0.25) is 0 Å². The number of nitrogens with zero attached hydrogens (tertiary/aromatic N) is 1. The van der Waals surface area contributed by atoms with Crippen molar-refractivity contribution in [1.29, 1.82) is 0 Å². The first-order valence-electron chi connectivity index (χ1n) is 4.99. The maximum Gasteiger partial charge on any atom is 0.337 e. The van der Waals surface area contributed by atoms with Crippen molar-refractivity contribution in [3.63, 3.8) is 0 Å². The summed E-state index contributed by atoms with van der Waals surface area (Å²) in [4.78, 5) is 14.3. The summed E-state index contributed by atoms with van der Waals surface area (Å²) in [6, 6.07) is 1.23. The molecule has 2 N–H and O–H groups in total. The summed E-state index contributed by atoms with van der Waals surface area (Å²) in [5, 5.41) is 8.74. The van der Waals surface area contributed by atoms with Crippen LogP contribution in [0.5, 0.6) is 0 Å². The molecule has 6 nitrogen and oxygen atoms in total. The second kappa shape index (κ2) is 5.13. The molecular weight excluding hydrogens is 244 g/mol. The lowest BCUT2D eigenvalue weighted by Gasteiger charge is -2.09. The lowest BCUT2D eigenvalue weighted by molar-refractivity contribution is 0.0696. The van der Waals surface area contributed by atoms with E-state index in [1.54, 1.807) is 13.8 Å². The monoisotopic (exact) mass is 258 g/mol. The van der Waals surface area contributed by atoms with E-state index in [2.05, 4.69) is 9.71 Å². The number of carboxylic acids is 1. The van der Waals surface area contributed by atoms with E-state index in [4.69, 9.17) is 5.11 Å². The number of aromatic nitrogens is 1. The summed E-state index contributed by atoms with van der Waals surface area (Å²) in [6.45, 7) is 3.57. The van der Waals surface area contributed by atoms with E-state index in [1.807, 2.05) is 0 Å². The Bertz CT molecular complexity index is 511. The van der Waals surface area contributed by atoms with E-state index < -0.39 is 16.0 Å². The molecule has 0 radical (unpaired) electrons. The Kier molecular flexibility index (Phi) is 4.06. The Morgan fingerprint density at radius 1 is 1.47 bits per heavy atom. The topological polar surface area (TPSA) is 96.4 Å². The van der Waals surface area contributed by atoms with Crippen LogP contribution in [0.1, 0.15) is 24.2 Å². The molecule has 0 aliphatic carbocycles. The lowest BCUT2D eigenvalue weighted by Crippen LogP contribution is -2.20. The first kappa shape index (κ1) is 13.4. The van der Waals surface area contributed by atoms with Gasteiger partial charge >= 0.3 is 5.97 Å². The maximum atomic E-state index is 11.6. The molecule has 1 aromatic heterocycles. The van der Waals surface area contributed by atoms with Crippen LogP contribution in [-0.4, -0.2) is 30.2 Å². The summed E-state index contributed by atoms with van der Waals surface area (Å²) in [6.07, 6.45) is 2.42. The number of hydrogen-bond acceptors (Lipinski definition) is 4. The van der Waals surface area contributed by atoms with Crippen molar-refractivity contribution < 1.29 is 18.3 Å². The number of nitrogens with one attached hydrogen (secondary N) is 1. The molecule has 0 spiro atoms. The quantitative estimate of drug-likeness (QED) is 0.826. The van der Waals surface area contributed by atoms with E-state index in [9.17, 15) is 13.2 Å². The second-order valence-electron chi connectivity index (χ2n) is 4.04. The van der Waals surface area contributed by atoms with Crippen LogP contribution in [0, 0.1) is 5.92 Å². The van der Waals surface area contributed by atoms with Crippen molar-refractivity contribution in [3.8, 4) is 0 Å². The van der Waals surface area contributed by atoms with Crippen LogP contribution < -0.4 is 4.72 Å². The van der Waals surface area contributed by atoms with Gasteiger partial charge in [0.2, 0.25) is 10.0 Å². The normalized spacial score (nSPS) is 11.5. The molecule has 0 saturated carbocycles. The van der Waals surface area contributed by atoms with Gasteiger partial charge in [0.25, 0.3) is 0 Å². The van der Waals surface area contributed by atoms with Crippen molar-refractivity contribution in [2.24, 2.45) is 5.92 Å². The molecule has 1 aromatic rings. The highest BCUT2D eigenvalue weighted by atomic mass is 32.2. The molecule has 17 heavy (non-hydrogen) atoms. The average Bonchev–Trinajstić information content (AvgIpc) is 2.14. The van der Waals surface area contributed by atoms with Gasteiger partial charge in [-0.1, -0.05) is 13.8 Å². The molecule has 0 saturated heterocycles. The fraction of sp³-hybridized carbons (Fsp3) is 0.400. The van der Waals surface area contributed by atoms with Gasteiger partial charge in [0.1, 0.15) is 0 Å². The third kappa shape index (κ3) is 4.39. The number of sulfonamides is 1.